The molecule has 2 nitrogen and oxygen atoms in total. The van der Waals surface area contributed by atoms with E-state index in [1.807, 2.05) is 0 Å². The van der Waals surface area contributed by atoms with Gasteiger partial charge in [0.1, 0.15) is 6.17 Å². The first-order valence-corrected chi connectivity index (χ1v) is 5.59. The van der Waals surface area contributed by atoms with Crippen molar-refractivity contribution in [1.29, 1.82) is 0 Å². The molecule has 1 heterocycles. The van der Waals surface area contributed by atoms with Gasteiger partial charge in [0.2, 0.25) is 0 Å². The highest BCUT2D eigenvalue weighted by Gasteiger charge is 2.26. The molecule has 0 fully saturated rings. The Labute approximate surface area is 87.5 Å². The molecule has 0 N–H and O–H groups in total. The molecule has 0 radical (unpaired) electrons. The third kappa shape index (κ3) is 2.23. The number of hydrogen-bond acceptors (Lipinski definition) is 2. The summed E-state index contributed by atoms with van der Waals surface area (Å²) in [7, 11) is 0. The minimum atomic E-state index is 0.171. The van der Waals surface area contributed by atoms with Crippen LogP contribution in [-0.2, 0) is 0 Å². The zero-order valence-corrected chi connectivity index (χ0v) is 10.2. The van der Waals surface area contributed by atoms with Gasteiger partial charge in [0.15, 0.2) is 0 Å². The van der Waals surface area contributed by atoms with Crippen molar-refractivity contribution in [1.82, 2.24) is 0 Å². The summed E-state index contributed by atoms with van der Waals surface area (Å²) in [5.74, 6) is 1.51. The van der Waals surface area contributed by atoms with Crippen LogP contribution in [0.15, 0.2) is 9.98 Å². The van der Waals surface area contributed by atoms with Crippen LogP contribution in [0.2, 0.25) is 0 Å². The summed E-state index contributed by atoms with van der Waals surface area (Å²) in [6.45, 7) is 13.1. The minimum absolute atomic E-state index is 0.171. The predicted molar refractivity (Wildman–Crippen MR) is 63.2 cm³/mol. The minimum Gasteiger partial charge on any atom is -0.261 e. The number of rotatable bonds is 3. The molecule has 0 aromatic heterocycles. The van der Waals surface area contributed by atoms with Crippen molar-refractivity contribution in [3.8, 4) is 0 Å². The predicted octanol–water partition coefficient (Wildman–Crippen LogP) is 3.18. The van der Waals surface area contributed by atoms with E-state index >= 15 is 0 Å². The normalized spacial score (nSPS) is 18.4. The fraction of sp³-hybridized carbons (Fsp3) is 0.833. The third-order valence-electron chi connectivity index (χ3n) is 2.50. The van der Waals surface area contributed by atoms with E-state index in [0.29, 0.717) is 17.8 Å². The van der Waals surface area contributed by atoms with Gasteiger partial charge in [0.05, 0.1) is 11.4 Å². The molecule has 0 aliphatic carbocycles. The Hall–Kier alpha value is -0.660. The largest absolute Gasteiger partial charge is 0.261 e. The van der Waals surface area contributed by atoms with Gasteiger partial charge in [-0.2, -0.15) is 0 Å². The highest BCUT2D eigenvalue weighted by atomic mass is 15.1. The average molecular weight is 194 g/mol. The quantitative estimate of drug-likeness (QED) is 0.659. The monoisotopic (exact) mass is 194 g/mol. The molecule has 0 amide bonds. The van der Waals surface area contributed by atoms with Crippen molar-refractivity contribution in [2.24, 2.45) is 27.7 Å². The lowest BCUT2D eigenvalue weighted by Crippen LogP contribution is -2.22. The summed E-state index contributed by atoms with van der Waals surface area (Å²) in [5.41, 5.74) is 2.44. The molecule has 1 aliphatic rings. The second-order valence-corrected chi connectivity index (χ2v) is 5.00. The third-order valence-corrected chi connectivity index (χ3v) is 2.50. The summed E-state index contributed by atoms with van der Waals surface area (Å²) in [6.07, 6.45) is 0.171. The van der Waals surface area contributed by atoms with Gasteiger partial charge in [-0.25, -0.2) is 0 Å². The second-order valence-electron chi connectivity index (χ2n) is 5.00. The van der Waals surface area contributed by atoms with Crippen LogP contribution in [0.5, 0.6) is 0 Å². The summed E-state index contributed by atoms with van der Waals surface area (Å²) in [6, 6.07) is 0. The Morgan fingerprint density at radius 3 is 1.36 bits per heavy atom. The maximum Gasteiger partial charge on any atom is 0.142 e. The van der Waals surface area contributed by atoms with Gasteiger partial charge in [-0.05, 0) is 17.8 Å². The van der Waals surface area contributed by atoms with E-state index in [-0.39, 0.29) is 6.17 Å². The summed E-state index contributed by atoms with van der Waals surface area (Å²) in [5, 5.41) is 0. The van der Waals surface area contributed by atoms with Crippen LogP contribution in [0, 0.1) is 17.8 Å². The van der Waals surface area contributed by atoms with E-state index in [4.69, 9.17) is 9.98 Å². The lowest BCUT2D eigenvalue weighted by molar-refractivity contribution is 0.518. The van der Waals surface area contributed by atoms with E-state index in [1.54, 1.807) is 0 Å². The summed E-state index contributed by atoms with van der Waals surface area (Å²) in [4.78, 5) is 9.41. The van der Waals surface area contributed by atoms with Crippen LogP contribution in [-0.4, -0.2) is 17.6 Å². The van der Waals surface area contributed by atoms with E-state index in [1.165, 1.54) is 11.4 Å². The lowest BCUT2D eigenvalue weighted by atomic mass is 9.96. The van der Waals surface area contributed by atoms with Crippen LogP contribution in [0.4, 0.5) is 0 Å². The molecule has 0 unspecified atom stereocenters. The fourth-order valence-electron chi connectivity index (χ4n) is 1.63. The smallest absolute Gasteiger partial charge is 0.142 e. The lowest BCUT2D eigenvalue weighted by Gasteiger charge is -2.10. The van der Waals surface area contributed by atoms with Crippen molar-refractivity contribution in [2.75, 3.05) is 0 Å². The first kappa shape index (κ1) is 11.4. The van der Waals surface area contributed by atoms with Crippen molar-refractivity contribution >= 4 is 11.4 Å². The van der Waals surface area contributed by atoms with Gasteiger partial charge in [-0.3, -0.25) is 9.98 Å². The Morgan fingerprint density at radius 2 is 1.14 bits per heavy atom. The van der Waals surface area contributed by atoms with Crippen molar-refractivity contribution < 1.29 is 0 Å². The number of aliphatic imine (C=N–C) groups is 2. The van der Waals surface area contributed by atoms with E-state index in [9.17, 15) is 0 Å². The van der Waals surface area contributed by atoms with Crippen molar-refractivity contribution in [3.05, 3.63) is 0 Å². The summed E-state index contributed by atoms with van der Waals surface area (Å²) >= 11 is 0. The van der Waals surface area contributed by atoms with E-state index < -0.39 is 0 Å². The molecule has 1 rings (SSSR count). The highest BCUT2D eigenvalue weighted by molar-refractivity contribution is 6.44. The van der Waals surface area contributed by atoms with Gasteiger partial charge in [-0.1, -0.05) is 41.5 Å². The fourth-order valence-corrected chi connectivity index (χ4v) is 1.63. The molecule has 14 heavy (non-hydrogen) atoms. The molecule has 0 saturated heterocycles. The van der Waals surface area contributed by atoms with Gasteiger partial charge in [0.25, 0.3) is 0 Å². The number of nitrogens with zero attached hydrogens (tertiary/aromatic N) is 2. The average Bonchev–Trinajstić information content (AvgIpc) is 2.47. The van der Waals surface area contributed by atoms with E-state index in [2.05, 4.69) is 41.5 Å². The molecule has 80 valence electrons. The maximum atomic E-state index is 4.70. The summed E-state index contributed by atoms with van der Waals surface area (Å²) < 4.78 is 0. The maximum absolute atomic E-state index is 4.70. The molecule has 2 heteroatoms. The van der Waals surface area contributed by atoms with E-state index in [0.717, 1.165) is 0 Å². The molecular formula is C12H22N2. The Kier molecular flexibility index (Phi) is 3.46. The van der Waals surface area contributed by atoms with Crippen molar-refractivity contribution in [2.45, 2.75) is 47.7 Å². The van der Waals surface area contributed by atoms with Gasteiger partial charge in [-0.15, -0.1) is 0 Å². The van der Waals surface area contributed by atoms with Crippen LogP contribution in [0.1, 0.15) is 41.5 Å². The van der Waals surface area contributed by atoms with Crippen LogP contribution in [0.25, 0.3) is 0 Å². The van der Waals surface area contributed by atoms with Gasteiger partial charge in [0, 0.05) is 0 Å². The van der Waals surface area contributed by atoms with Gasteiger partial charge < -0.3 is 0 Å². The molecule has 0 saturated carbocycles. The van der Waals surface area contributed by atoms with Crippen LogP contribution in [0.3, 0.4) is 0 Å². The standard InChI is InChI=1S/C12H22N2/c1-7(2)10-11(8(3)4)14-12(13-10)9(5)6/h7-9,12H,1-6H3. The zero-order chi connectivity index (χ0) is 10.9. The first-order valence-electron chi connectivity index (χ1n) is 5.59. The van der Waals surface area contributed by atoms with Crippen LogP contribution >= 0.6 is 0 Å². The SMILES string of the molecule is CC(C)C1=NC(C(C)C)N=C1C(C)C. The molecule has 0 bridgehead atoms. The topological polar surface area (TPSA) is 24.7 Å². The molecule has 0 spiro atoms. The molecule has 0 atom stereocenters. The zero-order valence-electron chi connectivity index (χ0n) is 10.2. The molecule has 0 aromatic rings. The number of hydrogen-bond donors (Lipinski definition) is 0. The molecule has 0 aromatic carbocycles. The van der Waals surface area contributed by atoms with Crippen molar-refractivity contribution in [3.63, 3.8) is 0 Å². The second kappa shape index (κ2) is 4.24. The Bertz CT molecular complexity index is 235. The molecule has 1 aliphatic heterocycles. The van der Waals surface area contributed by atoms with Gasteiger partial charge >= 0.3 is 0 Å². The molecular weight excluding hydrogens is 172 g/mol. The van der Waals surface area contributed by atoms with Crippen LogP contribution < -0.4 is 0 Å². The highest BCUT2D eigenvalue weighted by Crippen LogP contribution is 2.21. The first-order chi connectivity index (χ1) is 6.43. The Morgan fingerprint density at radius 1 is 0.786 bits per heavy atom. The Balaban J connectivity index is 2.93.